The van der Waals surface area contributed by atoms with E-state index in [2.05, 4.69) is 0 Å². The van der Waals surface area contributed by atoms with Crippen molar-refractivity contribution in [1.29, 1.82) is 0 Å². The zero-order valence-electron chi connectivity index (χ0n) is 8.43. The maximum absolute atomic E-state index is 13.0. The van der Waals surface area contributed by atoms with Crippen molar-refractivity contribution in [3.8, 4) is 0 Å². The molecule has 1 aliphatic rings. The Morgan fingerprint density at radius 1 is 1.29 bits per heavy atom. The van der Waals surface area contributed by atoms with Gasteiger partial charge in [-0.3, -0.25) is 4.79 Å². The summed E-state index contributed by atoms with van der Waals surface area (Å²) in [5.74, 6) is 0.144. The molecule has 0 saturated heterocycles. The van der Waals surface area contributed by atoms with Crippen LogP contribution in [0.15, 0.2) is 12.1 Å². The smallest absolute Gasteiger partial charge is 0.166 e. The molecule has 74 valence electrons. The number of carbonyl (C=O) groups is 1. The minimum absolute atomic E-state index is 0.194. The second-order valence-corrected chi connectivity index (χ2v) is 4.05. The van der Waals surface area contributed by atoms with E-state index in [1.165, 1.54) is 12.1 Å². The van der Waals surface area contributed by atoms with Crippen molar-refractivity contribution < 1.29 is 9.18 Å². The fourth-order valence-electron chi connectivity index (χ4n) is 1.85. The molecule has 1 nitrogen and oxygen atoms in total. The van der Waals surface area contributed by atoms with Crippen LogP contribution in [0, 0.1) is 25.6 Å². The second kappa shape index (κ2) is 3.19. The predicted octanol–water partition coefficient (Wildman–Crippen LogP) is 3.04. The van der Waals surface area contributed by atoms with E-state index < -0.39 is 0 Å². The molecule has 2 heteroatoms. The van der Waals surface area contributed by atoms with Crippen LogP contribution in [0.3, 0.4) is 0 Å². The highest BCUT2D eigenvalue weighted by Crippen LogP contribution is 2.34. The lowest BCUT2D eigenvalue weighted by atomic mass is 9.96. The van der Waals surface area contributed by atoms with Gasteiger partial charge < -0.3 is 0 Å². The molecule has 0 aromatic heterocycles. The van der Waals surface area contributed by atoms with Crippen LogP contribution < -0.4 is 0 Å². The lowest BCUT2D eigenvalue weighted by Crippen LogP contribution is -2.07. The van der Waals surface area contributed by atoms with Crippen LogP contribution in [0.4, 0.5) is 4.39 Å². The summed E-state index contributed by atoms with van der Waals surface area (Å²) in [6, 6.07) is 2.87. The average molecular weight is 192 g/mol. The van der Waals surface area contributed by atoms with Gasteiger partial charge in [-0.25, -0.2) is 4.39 Å². The Hall–Kier alpha value is -1.18. The fourth-order valence-corrected chi connectivity index (χ4v) is 1.85. The molecule has 14 heavy (non-hydrogen) atoms. The maximum Gasteiger partial charge on any atom is 0.166 e. The third kappa shape index (κ3) is 1.57. The summed E-state index contributed by atoms with van der Waals surface area (Å²) < 4.78 is 13.0. The highest BCUT2D eigenvalue weighted by atomic mass is 19.1. The van der Waals surface area contributed by atoms with Crippen LogP contribution in [-0.4, -0.2) is 5.78 Å². The first-order valence-corrected chi connectivity index (χ1v) is 4.90. The molecular weight excluding hydrogens is 179 g/mol. The van der Waals surface area contributed by atoms with Crippen LogP contribution in [0.1, 0.15) is 34.3 Å². The maximum atomic E-state index is 13.0. The Labute approximate surface area is 82.9 Å². The molecule has 1 aromatic rings. The van der Waals surface area contributed by atoms with Crippen molar-refractivity contribution in [3.63, 3.8) is 0 Å². The van der Waals surface area contributed by atoms with Crippen molar-refractivity contribution in [3.05, 3.63) is 34.6 Å². The number of halogens is 1. The number of ketones is 1. The van der Waals surface area contributed by atoms with E-state index in [1.807, 2.05) is 0 Å². The van der Waals surface area contributed by atoms with Gasteiger partial charge in [0.05, 0.1) is 0 Å². The number of benzene rings is 1. The van der Waals surface area contributed by atoms with Crippen LogP contribution in [0.2, 0.25) is 0 Å². The van der Waals surface area contributed by atoms with Crippen LogP contribution in [0.5, 0.6) is 0 Å². The molecule has 0 bridgehead atoms. The molecule has 1 aromatic carbocycles. The Morgan fingerprint density at radius 2 is 1.79 bits per heavy atom. The highest BCUT2D eigenvalue weighted by molar-refractivity contribution is 6.01. The van der Waals surface area contributed by atoms with Crippen molar-refractivity contribution in [2.45, 2.75) is 26.7 Å². The molecule has 1 fully saturated rings. The van der Waals surface area contributed by atoms with Crippen molar-refractivity contribution in [1.82, 2.24) is 0 Å². The van der Waals surface area contributed by atoms with E-state index in [4.69, 9.17) is 0 Å². The molecule has 0 N–H and O–H groups in total. The van der Waals surface area contributed by atoms with Crippen molar-refractivity contribution in [2.75, 3.05) is 0 Å². The fraction of sp³-hybridized carbons (Fsp3) is 0.417. The number of Topliss-reactive ketones (excluding diaryl/α,β-unsaturated/α-hetero) is 1. The van der Waals surface area contributed by atoms with Gasteiger partial charge in [0.15, 0.2) is 5.78 Å². The summed E-state index contributed by atoms with van der Waals surface area (Å²) in [6.07, 6.45) is 1.99. The number of rotatable bonds is 2. The van der Waals surface area contributed by atoms with Gasteiger partial charge in [-0.15, -0.1) is 0 Å². The standard InChI is InChI=1S/C12H13FO/c1-7-5-10(13)6-8(2)11(7)12(14)9-3-4-9/h5-6,9H,3-4H2,1-2H3. The van der Waals surface area contributed by atoms with Crippen molar-refractivity contribution >= 4 is 5.78 Å². The molecule has 1 aliphatic carbocycles. The minimum Gasteiger partial charge on any atom is -0.294 e. The first kappa shape index (κ1) is 9.38. The molecular formula is C12H13FO. The zero-order chi connectivity index (χ0) is 10.3. The van der Waals surface area contributed by atoms with Gasteiger partial charge in [0.1, 0.15) is 5.82 Å². The Morgan fingerprint density at radius 3 is 2.21 bits per heavy atom. The van der Waals surface area contributed by atoms with Crippen LogP contribution in [0.25, 0.3) is 0 Å². The van der Waals surface area contributed by atoms with E-state index >= 15 is 0 Å². The number of carbonyl (C=O) groups excluding carboxylic acids is 1. The zero-order valence-corrected chi connectivity index (χ0v) is 8.43. The third-order valence-electron chi connectivity index (χ3n) is 2.69. The highest BCUT2D eigenvalue weighted by Gasteiger charge is 2.32. The van der Waals surface area contributed by atoms with Gasteiger partial charge >= 0.3 is 0 Å². The summed E-state index contributed by atoms with van der Waals surface area (Å²) >= 11 is 0. The molecule has 0 atom stereocenters. The number of aryl methyl sites for hydroxylation is 2. The average Bonchev–Trinajstić information content (AvgIpc) is 2.83. The monoisotopic (exact) mass is 192 g/mol. The normalized spacial score (nSPS) is 15.6. The first-order chi connectivity index (χ1) is 6.59. The molecule has 1 saturated carbocycles. The molecule has 0 spiro atoms. The third-order valence-corrected chi connectivity index (χ3v) is 2.69. The molecule has 0 amide bonds. The molecule has 0 unspecified atom stereocenters. The lowest BCUT2D eigenvalue weighted by molar-refractivity contribution is 0.0966. The Balaban J connectivity index is 2.45. The number of hydrogen-bond donors (Lipinski definition) is 0. The van der Waals surface area contributed by atoms with E-state index in [0.717, 1.165) is 29.5 Å². The van der Waals surface area contributed by atoms with Gasteiger partial charge in [0.25, 0.3) is 0 Å². The van der Waals surface area contributed by atoms with Gasteiger partial charge in [0.2, 0.25) is 0 Å². The van der Waals surface area contributed by atoms with E-state index in [1.54, 1.807) is 13.8 Å². The summed E-state index contributed by atoms with van der Waals surface area (Å²) in [7, 11) is 0. The first-order valence-electron chi connectivity index (χ1n) is 4.90. The SMILES string of the molecule is Cc1cc(F)cc(C)c1C(=O)C1CC1. The summed E-state index contributed by atoms with van der Waals surface area (Å²) in [4.78, 5) is 11.8. The van der Waals surface area contributed by atoms with E-state index in [9.17, 15) is 9.18 Å². The minimum atomic E-state index is -0.257. The predicted molar refractivity (Wildman–Crippen MR) is 52.9 cm³/mol. The van der Waals surface area contributed by atoms with E-state index in [-0.39, 0.29) is 17.5 Å². The van der Waals surface area contributed by atoms with Crippen molar-refractivity contribution in [2.24, 2.45) is 5.92 Å². The quantitative estimate of drug-likeness (QED) is 0.658. The van der Waals surface area contributed by atoms with Crippen LogP contribution in [-0.2, 0) is 0 Å². The summed E-state index contributed by atoms with van der Waals surface area (Å²) in [6.45, 7) is 3.59. The lowest BCUT2D eigenvalue weighted by Gasteiger charge is -2.08. The molecule has 2 rings (SSSR count). The van der Waals surface area contributed by atoms with Gasteiger partial charge in [-0.1, -0.05) is 0 Å². The largest absolute Gasteiger partial charge is 0.294 e. The van der Waals surface area contributed by atoms with Crippen LogP contribution >= 0.6 is 0 Å². The topological polar surface area (TPSA) is 17.1 Å². The Kier molecular flexibility index (Phi) is 2.14. The second-order valence-electron chi connectivity index (χ2n) is 4.05. The van der Waals surface area contributed by atoms with Gasteiger partial charge in [0, 0.05) is 11.5 Å². The number of hydrogen-bond acceptors (Lipinski definition) is 1. The molecule has 0 radical (unpaired) electrons. The summed E-state index contributed by atoms with van der Waals surface area (Å²) in [5, 5.41) is 0. The van der Waals surface area contributed by atoms with Gasteiger partial charge in [-0.05, 0) is 49.9 Å². The molecule has 0 aliphatic heterocycles. The molecule has 0 heterocycles. The summed E-state index contributed by atoms with van der Waals surface area (Å²) in [5.41, 5.74) is 2.26. The van der Waals surface area contributed by atoms with E-state index in [0.29, 0.717) is 0 Å². The Bertz CT molecular complexity index is 368. The van der Waals surface area contributed by atoms with Gasteiger partial charge in [-0.2, -0.15) is 0 Å².